The molecule has 1 aromatic heterocycles. The Bertz CT molecular complexity index is 1030. The lowest BCUT2D eigenvalue weighted by Crippen LogP contribution is -2.36. The number of nitrogens with zero attached hydrogens (tertiary/aromatic N) is 2. The lowest BCUT2D eigenvalue weighted by Gasteiger charge is -2.29. The van der Waals surface area contributed by atoms with Gasteiger partial charge in [0.25, 0.3) is 11.8 Å². The van der Waals surface area contributed by atoms with Crippen molar-refractivity contribution in [2.45, 2.75) is 12.8 Å². The quantitative estimate of drug-likeness (QED) is 0.710. The number of rotatable bonds is 3. The summed E-state index contributed by atoms with van der Waals surface area (Å²) < 4.78 is 0. The van der Waals surface area contributed by atoms with E-state index in [1.807, 2.05) is 24.3 Å². The van der Waals surface area contributed by atoms with E-state index < -0.39 is 0 Å². The molecule has 0 aliphatic carbocycles. The van der Waals surface area contributed by atoms with E-state index in [-0.39, 0.29) is 23.2 Å². The molecule has 6 heteroatoms. The number of carbonyl (C=O) groups is 2. The van der Waals surface area contributed by atoms with Gasteiger partial charge in [-0.2, -0.15) is 0 Å². The van der Waals surface area contributed by atoms with Gasteiger partial charge in [-0.05, 0) is 60.9 Å². The molecule has 2 heterocycles. The first-order valence-electron chi connectivity index (χ1n) is 9.05. The third kappa shape index (κ3) is 3.75. The number of amides is 2. The van der Waals surface area contributed by atoms with E-state index in [2.05, 4.69) is 10.3 Å². The molecule has 1 aliphatic rings. The summed E-state index contributed by atoms with van der Waals surface area (Å²) in [4.78, 5) is 31.6. The fraction of sp³-hybridized carbons (Fsp3) is 0.136. The van der Waals surface area contributed by atoms with Gasteiger partial charge < -0.3 is 10.2 Å². The molecule has 0 atom stereocenters. The zero-order chi connectivity index (χ0) is 19.5. The molecule has 0 spiro atoms. The van der Waals surface area contributed by atoms with Gasteiger partial charge in [0.05, 0.1) is 0 Å². The van der Waals surface area contributed by atoms with Crippen LogP contribution in [0.2, 0.25) is 5.02 Å². The Morgan fingerprint density at radius 1 is 0.929 bits per heavy atom. The highest BCUT2D eigenvalue weighted by Crippen LogP contribution is 2.27. The van der Waals surface area contributed by atoms with Crippen molar-refractivity contribution in [3.8, 4) is 0 Å². The molecule has 0 bridgehead atoms. The minimum absolute atomic E-state index is 0.186. The highest BCUT2D eigenvalue weighted by atomic mass is 35.5. The smallest absolute Gasteiger partial charge is 0.276 e. The first-order valence-corrected chi connectivity index (χ1v) is 9.43. The van der Waals surface area contributed by atoms with Gasteiger partial charge in [-0.15, -0.1) is 0 Å². The van der Waals surface area contributed by atoms with Crippen LogP contribution < -0.4 is 10.2 Å². The zero-order valence-electron chi connectivity index (χ0n) is 15.1. The molecule has 4 rings (SSSR count). The molecular weight excluding hydrogens is 374 g/mol. The van der Waals surface area contributed by atoms with Gasteiger partial charge in [-0.1, -0.05) is 35.9 Å². The second-order valence-electron chi connectivity index (χ2n) is 6.56. The SMILES string of the molecule is O=C(Nc1ccc(Cl)cc1)c1cccc(C(=O)N2CCCc3ccccc32)n1. The van der Waals surface area contributed by atoms with Crippen LogP contribution in [0.25, 0.3) is 0 Å². The van der Waals surface area contributed by atoms with Gasteiger partial charge in [0.15, 0.2) is 0 Å². The summed E-state index contributed by atoms with van der Waals surface area (Å²) in [6, 6.07) is 19.6. The third-order valence-electron chi connectivity index (χ3n) is 4.66. The maximum Gasteiger partial charge on any atom is 0.276 e. The summed E-state index contributed by atoms with van der Waals surface area (Å²) in [5, 5.41) is 3.35. The van der Waals surface area contributed by atoms with Gasteiger partial charge >= 0.3 is 0 Å². The van der Waals surface area contributed by atoms with Gasteiger partial charge in [-0.3, -0.25) is 9.59 Å². The van der Waals surface area contributed by atoms with Gasteiger partial charge in [-0.25, -0.2) is 4.98 Å². The molecule has 0 saturated heterocycles. The van der Waals surface area contributed by atoms with Crippen molar-refractivity contribution >= 4 is 34.8 Å². The highest BCUT2D eigenvalue weighted by molar-refractivity contribution is 6.30. The zero-order valence-corrected chi connectivity index (χ0v) is 15.8. The third-order valence-corrected chi connectivity index (χ3v) is 4.91. The molecule has 2 amide bonds. The van der Waals surface area contributed by atoms with Crippen molar-refractivity contribution in [1.29, 1.82) is 0 Å². The van der Waals surface area contributed by atoms with Crippen LogP contribution >= 0.6 is 11.6 Å². The first-order chi connectivity index (χ1) is 13.6. The summed E-state index contributed by atoms with van der Waals surface area (Å²) >= 11 is 5.86. The number of aromatic nitrogens is 1. The Morgan fingerprint density at radius 3 is 2.50 bits per heavy atom. The molecule has 1 aliphatic heterocycles. The van der Waals surface area contributed by atoms with Crippen molar-refractivity contribution in [3.05, 3.63) is 88.7 Å². The molecule has 0 radical (unpaired) electrons. The summed E-state index contributed by atoms with van der Waals surface area (Å²) in [6.07, 6.45) is 1.86. The molecule has 0 saturated carbocycles. The maximum atomic E-state index is 13.1. The minimum atomic E-state index is -0.379. The molecular formula is C22H18ClN3O2. The predicted molar refractivity (Wildman–Crippen MR) is 110 cm³/mol. The van der Waals surface area contributed by atoms with Gasteiger partial charge in [0, 0.05) is 22.9 Å². The topological polar surface area (TPSA) is 62.3 Å². The molecule has 5 nitrogen and oxygen atoms in total. The Balaban J connectivity index is 1.56. The summed E-state index contributed by atoms with van der Waals surface area (Å²) in [6.45, 7) is 0.638. The monoisotopic (exact) mass is 391 g/mol. The fourth-order valence-corrected chi connectivity index (χ4v) is 3.42. The number of nitrogens with one attached hydrogen (secondary N) is 1. The van der Waals surface area contributed by atoms with Crippen molar-refractivity contribution in [3.63, 3.8) is 0 Å². The van der Waals surface area contributed by atoms with Crippen molar-refractivity contribution < 1.29 is 9.59 Å². The Labute approximate surface area is 168 Å². The van der Waals surface area contributed by atoms with Crippen molar-refractivity contribution in [2.24, 2.45) is 0 Å². The molecule has 1 N–H and O–H groups in total. The largest absolute Gasteiger partial charge is 0.321 e. The number of pyridine rings is 1. The number of para-hydroxylation sites is 1. The number of fused-ring (bicyclic) bond motifs is 1. The number of hydrogen-bond acceptors (Lipinski definition) is 3. The molecule has 0 fully saturated rings. The lowest BCUT2D eigenvalue weighted by atomic mass is 10.0. The summed E-state index contributed by atoms with van der Waals surface area (Å²) in [5.41, 5.74) is 3.11. The number of carbonyl (C=O) groups excluding carboxylic acids is 2. The first kappa shape index (κ1) is 18.2. The molecule has 28 heavy (non-hydrogen) atoms. The van der Waals surface area contributed by atoms with Crippen LogP contribution in [0.1, 0.15) is 33.0 Å². The molecule has 2 aromatic carbocycles. The van der Waals surface area contributed by atoms with Crippen LogP contribution in [0.4, 0.5) is 11.4 Å². The standard InChI is InChI=1S/C22H18ClN3O2/c23-16-10-12-17(13-11-16)24-21(27)18-7-3-8-19(25-18)22(28)26-14-4-6-15-5-1-2-9-20(15)26/h1-3,5,7-13H,4,6,14H2,(H,24,27). The van der Waals surface area contributed by atoms with Gasteiger partial charge in [0.2, 0.25) is 0 Å². The number of anilines is 2. The van der Waals surface area contributed by atoms with E-state index in [0.717, 1.165) is 24.1 Å². The average Bonchev–Trinajstić information content (AvgIpc) is 2.74. The number of aryl methyl sites for hydroxylation is 1. The highest BCUT2D eigenvalue weighted by Gasteiger charge is 2.24. The maximum absolute atomic E-state index is 13.1. The minimum Gasteiger partial charge on any atom is -0.321 e. The Hall–Kier alpha value is -3.18. The second kappa shape index (κ2) is 7.82. The van der Waals surface area contributed by atoms with Gasteiger partial charge in [0.1, 0.15) is 11.4 Å². The van der Waals surface area contributed by atoms with Crippen LogP contribution in [-0.2, 0) is 6.42 Å². The van der Waals surface area contributed by atoms with Crippen LogP contribution in [0.15, 0.2) is 66.7 Å². The predicted octanol–water partition coefficient (Wildman–Crippen LogP) is 4.58. The van der Waals surface area contributed by atoms with Crippen molar-refractivity contribution in [1.82, 2.24) is 4.98 Å². The molecule has 140 valence electrons. The van der Waals surface area contributed by atoms with E-state index in [0.29, 0.717) is 17.3 Å². The van der Waals surface area contributed by atoms with E-state index in [9.17, 15) is 9.59 Å². The summed E-state index contributed by atoms with van der Waals surface area (Å²) in [5.74, 6) is -0.579. The molecule has 0 unspecified atom stereocenters. The van der Waals surface area contributed by atoms with E-state index in [4.69, 9.17) is 11.6 Å². The van der Waals surface area contributed by atoms with Crippen molar-refractivity contribution in [2.75, 3.05) is 16.8 Å². The number of hydrogen-bond donors (Lipinski definition) is 1. The fourth-order valence-electron chi connectivity index (χ4n) is 3.29. The van der Waals surface area contributed by atoms with Crippen LogP contribution in [0.3, 0.4) is 0 Å². The van der Waals surface area contributed by atoms with E-state index >= 15 is 0 Å². The number of benzene rings is 2. The number of halogens is 1. The van der Waals surface area contributed by atoms with E-state index in [1.54, 1.807) is 47.4 Å². The second-order valence-corrected chi connectivity index (χ2v) is 6.99. The average molecular weight is 392 g/mol. The Kier molecular flexibility index (Phi) is 5.08. The van der Waals surface area contributed by atoms with E-state index in [1.165, 1.54) is 0 Å². The normalized spacial score (nSPS) is 13.0. The lowest BCUT2D eigenvalue weighted by molar-refractivity contribution is 0.0980. The van der Waals surface area contributed by atoms with Crippen LogP contribution in [0.5, 0.6) is 0 Å². The molecule has 3 aromatic rings. The summed E-state index contributed by atoms with van der Waals surface area (Å²) in [7, 11) is 0. The van der Waals surface area contributed by atoms with Crippen LogP contribution in [-0.4, -0.2) is 23.3 Å². The Morgan fingerprint density at radius 2 is 1.68 bits per heavy atom. The van der Waals surface area contributed by atoms with Crippen LogP contribution in [0, 0.1) is 0 Å².